The number of alkyl carbamates (subject to hydrolysis) is 1. The number of hydrogen-bond donors (Lipinski definition) is 3. The normalized spacial score (nSPS) is 12.2. The maximum Gasteiger partial charge on any atom is 0.408 e. The van der Waals surface area contributed by atoms with Gasteiger partial charge in [-0.2, -0.15) is 0 Å². The number of rotatable bonds is 3. The van der Waals surface area contributed by atoms with Crippen molar-refractivity contribution in [3.63, 3.8) is 0 Å². The van der Waals surface area contributed by atoms with Crippen molar-refractivity contribution in [2.45, 2.75) is 9.96 Å². The Morgan fingerprint density at radius 1 is 1.33 bits per heavy atom. The van der Waals surface area contributed by atoms with Gasteiger partial charge in [0.05, 0.1) is 12.8 Å². The van der Waals surface area contributed by atoms with Gasteiger partial charge in [0.15, 0.2) is 11.3 Å². The van der Waals surface area contributed by atoms with Crippen molar-refractivity contribution in [2.24, 2.45) is 0 Å². The van der Waals surface area contributed by atoms with E-state index in [0.717, 1.165) is 9.26 Å². The van der Waals surface area contributed by atoms with Gasteiger partial charge in [0.2, 0.25) is 3.79 Å². The van der Waals surface area contributed by atoms with E-state index in [-0.39, 0.29) is 5.11 Å². The first-order chi connectivity index (χ1) is 9.74. The number of para-hydroxylation sites is 1. The van der Waals surface area contributed by atoms with E-state index >= 15 is 0 Å². The first-order valence-electron chi connectivity index (χ1n) is 5.47. The molecule has 0 bridgehead atoms. The van der Waals surface area contributed by atoms with Gasteiger partial charge in [0.25, 0.3) is 0 Å². The monoisotopic (exact) mass is 481 g/mol. The predicted molar refractivity (Wildman–Crippen MR) is 98.1 cm³/mol. The minimum Gasteiger partial charge on any atom is -0.453 e. The zero-order chi connectivity index (χ0) is 16.0. The summed E-state index contributed by atoms with van der Waals surface area (Å²) in [6.07, 6.45) is -1.81. The highest BCUT2D eigenvalue weighted by Gasteiger charge is 2.35. The number of carbonyl (C=O) groups excluding carboxylic acids is 1. The molecule has 0 aliphatic heterocycles. The maximum atomic E-state index is 11.2. The topological polar surface area (TPSA) is 62.4 Å². The maximum absolute atomic E-state index is 11.2. The van der Waals surface area contributed by atoms with E-state index in [9.17, 15) is 4.79 Å². The Morgan fingerprint density at radius 2 is 1.95 bits per heavy atom. The van der Waals surface area contributed by atoms with Crippen molar-refractivity contribution in [2.75, 3.05) is 12.4 Å². The summed E-state index contributed by atoms with van der Waals surface area (Å²) in [7, 11) is 1.20. The van der Waals surface area contributed by atoms with Crippen molar-refractivity contribution in [3.05, 3.63) is 27.8 Å². The lowest BCUT2D eigenvalue weighted by atomic mass is 10.3. The van der Waals surface area contributed by atoms with Crippen LogP contribution in [-0.4, -0.2) is 28.3 Å². The minimum atomic E-state index is -1.82. The van der Waals surface area contributed by atoms with Gasteiger partial charge >= 0.3 is 6.09 Å². The molecular formula is C11H11Cl3IN3O2S. The van der Waals surface area contributed by atoms with Gasteiger partial charge in [-0.1, -0.05) is 46.9 Å². The van der Waals surface area contributed by atoms with Gasteiger partial charge in [-0.3, -0.25) is 5.32 Å². The van der Waals surface area contributed by atoms with E-state index in [1.165, 1.54) is 7.11 Å². The molecule has 0 saturated heterocycles. The summed E-state index contributed by atoms with van der Waals surface area (Å²) in [4.78, 5) is 11.2. The highest BCUT2D eigenvalue weighted by atomic mass is 127. The Kier molecular flexibility index (Phi) is 7.55. The molecule has 1 rings (SSSR count). The van der Waals surface area contributed by atoms with Crippen LogP contribution in [0.3, 0.4) is 0 Å². The summed E-state index contributed by atoms with van der Waals surface area (Å²) >= 11 is 24.7. The lowest BCUT2D eigenvalue weighted by Gasteiger charge is -2.27. The van der Waals surface area contributed by atoms with Gasteiger partial charge in [-0.15, -0.1) is 0 Å². The van der Waals surface area contributed by atoms with Crippen molar-refractivity contribution < 1.29 is 9.53 Å². The van der Waals surface area contributed by atoms with E-state index in [1.807, 2.05) is 24.3 Å². The second kappa shape index (κ2) is 8.42. The number of benzene rings is 1. The Hall–Kier alpha value is -0.220. The SMILES string of the molecule is COC(=O)N[C@H](NC(=S)Nc1ccccc1I)C(Cl)(Cl)Cl. The van der Waals surface area contributed by atoms with E-state index in [2.05, 4.69) is 43.3 Å². The number of hydrogen-bond acceptors (Lipinski definition) is 3. The zero-order valence-electron chi connectivity index (χ0n) is 10.6. The first-order valence-corrected chi connectivity index (χ1v) is 8.09. The van der Waals surface area contributed by atoms with Crippen molar-refractivity contribution >= 4 is 86.5 Å². The molecule has 116 valence electrons. The largest absolute Gasteiger partial charge is 0.453 e. The number of alkyl halides is 3. The van der Waals surface area contributed by atoms with Gasteiger partial charge in [0.1, 0.15) is 0 Å². The van der Waals surface area contributed by atoms with Crippen LogP contribution >= 0.6 is 69.6 Å². The molecule has 0 aliphatic carbocycles. The van der Waals surface area contributed by atoms with Crippen LogP contribution < -0.4 is 16.0 Å². The molecule has 0 unspecified atom stereocenters. The number of methoxy groups -OCH3 is 1. The van der Waals surface area contributed by atoms with E-state index in [1.54, 1.807) is 0 Å². The van der Waals surface area contributed by atoms with Crippen LogP contribution in [0.25, 0.3) is 0 Å². The molecule has 1 amide bonds. The van der Waals surface area contributed by atoms with Crippen LogP contribution in [0.4, 0.5) is 10.5 Å². The van der Waals surface area contributed by atoms with Crippen LogP contribution in [0.1, 0.15) is 0 Å². The average molecular weight is 483 g/mol. The van der Waals surface area contributed by atoms with Crippen LogP contribution in [0, 0.1) is 3.57 Å². The fourth-order valence-corrected chi connectivity index (χ4v) is 2.31. The summed E-state index contributed by atoms with van der Waals surface area (Å²) in [6, 6.07) is 7.50. The third-order valence-electron chi connectivity index (χ3n) is 2.17. The molecular weight excluding hydrogens is 471 g/mol. The zero-order valence-corrected chi connectivity index (χ0v) is 15.9. The Balaban J connectivity index is 2.73. The molecule has 10 heteroatoms. The van der Waals surface area contributed by atoms with E-state index in [0.29, 0.717) is 0 Å². The Labute approximate surface area is 156 Å². The number of carbonyl (C=O) groups is 1. The third-order valence-corrected chi connectivity index (χ3v) is 3.99. The number of anilines is 1. The summed E-state index contributed by atoms with van der Waals surface area (Å²) < 4.78 is 3.61. The summed E-state index contributed by atoms with van der Waals surface area (Å²) in [5.74, 6) is 0. The molecule has 0 saturated carbocycles. The lowest BCUT2D eigenvalue weighted by molar-refractivity contribution is 0.166. The highest BCUT2D eigenvalue weighted by Crippen LogP contribution is 2.29. The number of halogens is 4. The molecule has 21 heavy (non-hydrogen) atoms. The van der Waals surface area contributed by atoms with Gasteiger partial charge in [0, 0.05) is 3.57 Å². The van der Waals surface area contributed by atoms with Crippen LogP contribution in [0.15, 0.2) is 24.3 Å². The molecule has 0 aliphatic rings. The Bertz CT molecular complexity index is 528. The molecule has 0 radical (unpaired) electrons. The minimum absolute atomic E-state index is 0.187. The molecule has 0 spiro atoms. The molecule has 3 N–H and O–H groups in total. The third kappa shape index (κ3) is 6.60. The molecule has 0 aromatic heterocycles. The number of thiocarbonyl (C=S) groups is 1. The lowest BCUT2D eigenvalue weighted by Crippen LogP contribution is -2.56. The fourth-order valence-electron chi connectivity index (χ4n) is 1.23. The second-order valence-corrected chi connectivity index (χ2v) is 7.63. The Morgan fingerprint density at radius 3 is 2.48 bits per heavy atom. The fraction of sp³-hybridized carbons (Fsp3) is 0.273. The van der Waals surface area contributed by atoms with Crippen molar-refractivity contribution in [1.82, 2.24) is 10.6 Å². The summed E-state index contributed by atoms with van der Waals surface area (Å²) in [6.45, 7) is 0. The molecule has 0 heterocycles. The standard InChI is InChI=1S/C11H11Cl3IN3O2S/c1-20-10(19)18-8(11(12,13)14)17-9(21)16-7-5-3-2-4-6(7)15/h2-5,8H,1H3,(H,18,19)(H2,16,17,21)/t8-/m0/s1. The van der Waals surface area contributed by atoms with Gasteiger partial charge in [-0.25, -0.2) is 4.79 Å². The second-order valence-electron chi connectivity index (χ2n) is 3.69. The number of nitrogens with one attached hydrogen (secondary N) is 3. The van der Waals surface area contributed by atoms with Crippen LogP contribution in [0.2, 0.25) is 0 Å². The summed E-state index contributed by atoms with van der Waals surface area (Å²) in [5.41, 5.74) is 0.789. The molecule has 1 atom stereocenters. The predicted octanol–water partition coefficient (Wildman–Crippen LogP) is 3.63. The van der Waals surface area contributed by atoms with Crippen LogP contribution in [0.5, 0.6) is 0 Å². The van der Waals surface area contributed by atoms with Gasteiger partial charge in [-0.05, 0) is 46.9 Å². The quantitative estimate of drug-likeness (QED) is 0.266. The average Bonchev–Trinajstić information content (AvgIpc) is 2.39. The smallest absolute Gasteiger partial charge is 0.408 e. The number of amides is 1. The number of ether oxygens (including phenoxy) is 1. The molecule has 0 fully saturated rings. The van der Waals surface area contributed by atoms with Gasteiger partial charge < -0.3 is 15.4 Å². The molecule has 1 aromatic rings. The van der Waals surface area contributed by atoms with Crippen molar-refractivity contribution in [3.8, 4) is 0 Å². The van der Waals surface area contributed by atoms with E-state index < -0.39 is 16.1 Å². The highest BCUT2D eigenvalue weighted by molar-refractivity contribution is 14.1. The molecule has 5 nitrogen and oxygen atoms in total. The molecule has 1 aromatic carbocycles. The van der Waals surface area contributed by atoms with E-state index in [4.69, 9.17) is 47.0 Å². The summed E-state index contributed by atoms with van der Waals surface area (Å²) in [5, 5.41) is 8.18. The van der Waals surface area contributed by atoms with Crippen LogP contribution in [-0.2, 0) is 4.74 Å². The van der Waals surface area contributed by atoms with Crippen molar-refractivity contribution in [1.29, 1.82) is 0 Å². The first kappa shape index (κ1) is 18.8.